The molecular weight excluding hydrogens is 340 g/mol. The summed E-state index contributed by atoms with van der Waals surface area (Å²) in [4.78, 5) is 12.1. The average molecular weight is 362 g/mol. The van der Waals surface area contributed by atoms with Crippen LogP contribution in [0.2, 0.25) is 0 Å². The van der Waals surface area contributed by atoms with Gasteiger partial charge in [-0.05, 0) is 16.7 Å². The van der Waals surface area contributed by atoms with Crippen molar-refractivity contribution in [1.82, 2.24) is 0 Å². The molecule has 2 N–H and O–H groups in total. The zero-order valence-electron chi connectivity index (χ0n) is 15.0. The van der Waals surface area contributed by atoms with Gasteiger partial charge >= 0.3 is 5.97 Å². The predicted molar refractivity (Wildman–Crippen MR) is 103 cm³/mol. The lowest BCUT2D eigenvalue weighted by Gasteiger charge is -2.41. The monoisotopic (exact) mass is 362 g/mol. The molecule has 0 radical (unpaired) electrons. The second-order valence-corrected chi connectivity index (χ2v) is 6.32. The Labute approximate surface area is 158 Å². The number of rotatable bonds is 6. The Morgan fingerprint density at radius 2 is 1.07 bits per heavy atom. The van der Waals surface area contributed by atoms with Crippen LogP contribution in [0.4, 0.5) is 0 Å². The van der Waals surface area contributed by atoms with Crippen molar-refractivity contribution >= 4 is 5.97 Å². The molecule has 3 aromatic carbocycles. The van der Waals surface area contributed by atoms with Crippen LogP contribution in [-0.2, 0) is 14.9 Å². The molecule has 138 valence electrons. The molecule has 2 unspecified atom stereocenters. The van der Waals surface area contributed by atoms with Crippen molar-refractivity contribution in [2.75, 3.05) is 7.11 Å². The fraction of sp³-hybridized carbons (Fsp3) is 0.174. The lowest BCUT2D eigenvalue weighted by Crippen LogP contribution is -2.51. The quantitative estimate of drug-likeness (QED) is 0.523. The van der Waals surface area contributed by atoms with E-state index in [1.165, 1.54) is 7.11 Å². The van der Waals surface area contributed by atoms with Crippen molar-refractivity contribution in [3.8, 4) is 0 Å². The van der Waals surface area contributed by atoms with Gasteiger partial charge < -0.3 is 14.9 Å². The van der Waals surface area contributed by atoms with Crippen molar-refractivity contribution in [3.63, 3.8) is 0 Å². The Kier molecular flexibility index (Phi) is 5.69. The van der Waals surface area contributed by atoms with E-state index >= 15 is 0 Å². The second-order valence-electron chi connectivity index (χ2n) is 6.32. The van der Waals surface area contributed by atoms with Gasteiger partial charge in [-0.3, -0.25) is 0 Å². The number of carbonyl (C=O) groups excluding carboxylic acids is 1. The standard InChI is InChI=1S/C23H22O4/c1-27-22(26)20(24)21(25)23(17-11-5-2-6-12-17,18-13-7-3-8-14-18)19-15-9-4-10-16-19/h2-16,20-21,24-25H,1H3. The molecule has 0 heterocycles. The number of methoxy groups -OCH3 is 1. The minimum Gasteiger partial charge on any atom is -0.467 e. The van der Waals surface area contributed by atoms with Crippen LogP contribution in [0.5, 0.6) is 0 Å². The third-order valence-corrected chi connectivity index (χ3v) is 4.87. The molecular formula is C23H22O4. The van der Waals surface area contributed by atoms with Crippen molar-refractivity contribution in [3.05, 3.63) is 108 Å². The van der Waals surface area contributed by atoms with E-state index in [0.29, 0.717) is 0 Å². The van der Waals surface area contributed by atoms with Gasteiger partial charge in [0.2, 0.25) is 0 Å². The minimum absolute atomic E-state index is 0.762. The van der Waals surface area contributed by atoms with Gasteiger partial charge in [0.25, 0.3) is 0 Å². The molecule has 0 aliphatic heterocycles. The van der Waals surface area contributed by atoms with Crippen molar-refractivity contribution in [2.45, 2.75) is 17.6 Å². The first-order chi connectivity index (χ1) is 13.1. The van der Waals surface area contributed by atoms with Crippen LogP contribution in [0.1, 0.15) is 16.7 Å². The normalized spacial score (nSPS) is 13.6. The third-order valence-electron chi connectivity index (χ3n) is 4.87. The molecule has 0 saturated carbocycles. The summed E-state index contributed by atoms with van der Waals surface area (Å²) >= 11 is 0. The van der Waals surface area contributed by atoms with Gasteiger partial charge in [0, 0.05) is 0 Å². The fourth-order valence-corrected chi connectivity index (χ4v) is 3.60. The van der Waals surface area contributed by atoms with E-state index in [0.717, 1.165) is 16.7 Å². The summed E-state index contributed by atoms with van der Waals surface area (Å²) < 4.78 is 4.69. The zero-order valence-corrected chi connectivity index (χ0v) is 15.0. The molecule has 3 rings (SSSR count). The predicted octanol–water partition coefficient (Wildman–Crippen LogP) is 2.92. The second kappa shape index (κ2) is 8.16. The van der Waals surface area contributed by atoms with E-state index in [9.17, 15) is 15.0 Å². The van der Waals surface area contributed by atoms with Gasteiger partial charge in [0.1, 0.15) is 6.10 Å². The Morgan fingerprint density at radius 3 is 1.37 bits per heavy atom. The van der Waals surface area contributed by atoms with Gasteiger partial charge in [0.15, 0.2) is 6.10 Å². The number of aliphatic hydroxyl groups excluding tert-OH is 2. The number of aliphatic hydroxyl groups is 2. The van der Waals surface area contributed by atoms with E-state index in [4.69, 9.17) is 0 Å². The lowest BCUT2D eigenvalue weighted by molar-refractivity contribution is -0.158. The van der Waals surface area contributed by atoms with Crippen molar-refractivity contribution in [2.24, 2.45) is 0 Å². The van der Waals surface area contributed by atoms with Crippen LogP contribution >= 0.6 is 0 Å². The number of ether oxygens (including phenoxy) is 1. The summed E-state index contributed by atoms with van der Waals surface area (Å²) in [5.41, 5.74) is 1.13. The van der Waals surface area contributed by atoms with Crippen LogP contribution < -0.4 is 0 Å². The zero-order chi connectivity index (χ0) is 19.3. The van der Waals surface area contributed by atoms with Gasteiger partial charge in [-0.2, -0.15) is 0 Å². The molecule has 0 fully saturated rings. The Balaban J connectivity index is 2.34. The molecule has 0 bridgehead atoms. The van der Waals surface area contributed by atoms with Crippen molar-refractivity contribution in [1.29, 1.82) is 0 Å². The van der Waals surface area contributed by atoms with E-state index < -0.39 is 23.6 Å². The molecule has 0 amide bonds. The highest BCUT2D eigenvalue weighted by molar-refractivity contribution is 5.76. The maximum absolute atomic E-state index is 12.1. The van der Waals surface area contributed by atoms with Crippen LogP contribution in [-0.4, -0.2) is 35.5 Å². The highest BCUT2D eigenvalue weighted by Crippen LogP contribution is 2.43. The molecule has 2 atom stereocenters. The molecule has 3 aromatic rings. The van der Waals surface area contributed by atoms with Gasteiger partial charge in [-0.15, -0.1) is 0 Å². The first-order valence-corrected chi connectivity index (χ1v) is 8.73. The lowest BCUT2D eigenvalue weighted by atomic mass is 9.64. The SMILES string of the molecule is COC(=O)C(O)C(O)C(c1ccccc1)(c1ccccc1)c1ccccc1. The van der Waals surface area contributed by atoms with Crippen LogP contribution in [0.15, 0.2) is 91.0 Å². The van der Waals surface area contributed by atoms with E-state index in [1.807, 2.05) is 91.0 Å². The molecule has 4 nitrogen and oxygen atoms in total. The fourth-order valence-electron chi connectivity index (χ4n) is 3.60. The van der Waals surface area contributed by atoms with Gasteiger partial charge in [0.05, 0.1) is 12.5 Å². The summed E-state index contributed by atoms with van der Waals surface area (Å²) in [6.45, 7) is 0. The molecule has 0 aliphatic rings. The molecule has 0 aliphatic carbocycles. The Bertz CT molecular complexity index is 766. The number of benzene rings is 3. The van der Waals surface area contributed by atoms with E-state index in [2.05, 4.69) is 4.74 Å². The van der Waals surface area contributed by atoms with Gasteiger partial charge in [-0.1, -0.05) is 91.0 Å². The molecule has 0 spiro atoms. The van der Waals surface area contributed by atoms with Crippen LogP contribution in [0.25, 0.3) is 0 Å². The average Bonchev–Trinajstić information content (AvgIpc) is 2.75. The number of carbonyl (C=O) groups is 1. The summed E-state index contributed by atoms with van der Waals surface area (Å²) in [5.74, 6) is -0.880. The largest absolute Gasteiger partial charge is 0.467 e. The van der Waals surface area contributed by atoms with E-state index in [-0.39, 0.29) is 0 Å². The number of esters is 1. The summed E-state index contributed by atoms with van der Waals surface area (Å²) in [6.07, 6.45) is -3.17. The molecule has 0 aromatic heterocycles. The maximum atomic E-state index is 12.1. The first-order valence-electron chi connectivity index (χ1n) is 8.73. The highest BCUT2D eigenvalue weighted by Gasteiger charge is 2.48. The summed E-state index contributed by atoms with van der Waals surface area (Å²) in [7, 11) is 1.19. The third kappa shape index (κ3) is 3.37. The maximum Gasteiger partial charge on any atom is 0.337 e. The van der Waals surface area contributed by atoms with Crippen molar-refractivity contribution < 1.29 is 19.7 Å². The molecule has 0 saturated heterocycles. The minimum atomic E-state index is -1.71. The highest BCUT2D eigenvalue weighted by atomic mass is 16.5. The number of hydrogen-bond acceptors (Lipinski definition) is 4. The van der Waals surface area contributed by atoms with Crippen LogP contribution in [0.3, 0.4) is 0 Å². The topological polar surface area (TPSA) is 66.8 Å². The smallest absolute Gasteiger partial charge is 0.337 e. The van der Waals surface area contributed by atoms with E-state index in [1.54, 1.807) is 0 Å². The number of hydrogen-bond donors (Lipinski definition) is 2. The Morgan fingerprint density at radius 1 is 0.741 bits per heavy atom. The van der Waals surface area contributed by atoms with Gasteiger partial charge in [-0.25, -0.2) is 4.79 Å². The Hall–Kier alpha value is -2.95. The first kappa shape index (κ1) is 18.8. The molecule has 27 heavy (non-hydrogen) atoms. The summed E-state index contributed by atoms with van der Waals surface area (Å²) in [5, 5.41) is 21.9. The summed E-state index contributed by atoms with van der Waals surface area (Å²) in [6, 6.07) is 28.1. The van der Waals surface area contributed by atoms with Crippen LogP contribution in [0, 0.1) is 0 Å². The molecule has 4 heteroatoms.